The summed E-state index contributed by atoms with van der Waals surface area (Å²) in [4.78, 5) is 12.1. The lowest BCUT2D eigenvalue weighted by atomic mass is 10.1. The molecule has 0 aromatic heterocycles. The van der Waals surface area contributed by atoms with E-state index in [4.69, 9.17) is 0 Å². The summed E-state index contributed by atoms with van der Waals surface area (Å²) in [5.74, 6) is -0.161. The molecule has 4 nitrogen and oxygen atoms in total. The van der Waals surface area contributed by atoms with Crippen molar-refractivity contribution in [3.8, 4) is 5.75 Å². The Morgan fingerprint density at radius 1 is 1.19 bits per heavy atom. The highest BCUT2D eigenvalue weighted by Gasteiger charge is 2.09. The Labute approximate surface area is 131 Å². The maximum atomic E-state index is 12.1. The van der Waals surface area contributed by atoms with E-state index in [1.54, 1.807) is 37.3 Å². The minimum absolute atomic E-state index is 0.115. The van der Waals surface area contributed by atoms with E-state index in [9.17, 15) is 9.90 Å². The number of nitrogens with zero attached hydrogens (tertiary/aromatic N) is 1. The van der Waals surface area contributed by atoms with Gasteiger partial charge < -0.3 is 5.11 Å². The summed E-state index contributed by atoms with van der Waals surface area (Å²) in [6, 6.07) is 12.3. The molecule has 0 aliphatic heterocycles. The number of amides is 1. The van der Waals surface area contributed by atoms with Crippen molar-refractivity contribution < 1.29 is 9.90 Å². The lowest BCUT2D eigenvalue weighted by molar-refractivity contribution is 0.0954. The van der Waals surface area contributed by atoms with Gasteiger partial charge in [-0.2, -0.15) is 5.10 Å². The van der Waals surface area contributed by atoms with Gasteiger partial charge in [0.2, 0.25) is 0 Å². The number of phenols is 1. The molecule has 2 aromatic carbocycles. The van der Waals surface area contributed by atoms with E-state index >= 15 is 0 Å². The van der Waals surface area contributed by atoms with Crippen molar-refractivity contribution in [1.82, 2.24) is 5.43 Å². The van der Waals surface area contributed by atoms with Gasteiger partial charge in [-0.1, -0.05) is 34.1 Å². The number of aryl methyl sites for hydroxylation is 1. The topological polar surface area (TPSA) is 61.7 Å². The van der Waals surface area contributed by atoms with Crippen molar-refractivity contribution in [2.24, 2.45) is 5.10 Å². The Balaban J connectivity index is 2.19. The molecule has 0 bridgehead atoms. The van der Waals surface area contributed by atoms with Crippen molar-refractivity contribution in [3.63, 3.8) is 0 Å². The number of hydrogen-bond acceptors (Lipinski definition) is 3. The summed E-state index contributed by atoms with van der Waals surface area (Å²) in [6.07, 6.45) is 0. The zero-order chi connectivity index (χ0) is 15.4. The van der Waals surface area contributed by atoms with E-state index in [2.05, 4.69) is 26.5 Å². The zero-order valence-electron chi connectivity index (χ0n) is 11.7. The second-order valence-electron chi connectivity index (χ2n) is 4.61. The van der Waals surface area contributed by atoms with Crippen LogP contribution in [0.5, 0.6) is 5.75 Å². The summed E-state index contributed by atoms with van der Waals surface area (Å²) in [5.41, 5.74) is 5.05. The number of phenolic OH excluding ortho intramolecular Hbond substituents is 1. The molecule has 0 spiro atoms. The molecular formula is C16H15BrN2O2. The van der Waals surface area contributed by atoms with E-state index in [0.717, 1.165) is 10.0 Å². The first-order valence-corrected chi connectivity index (χ1v) is 7.17. The maximum Gasteiger partial charge on any atom is 0.271 e. The van der Waals surface area contributed by atoms with Crippen LogP contribution in [0.1, 0.15) is 28.4 Å². The number of benzene rings is 2. The minimum atomic E-state index is -0.276. The third-order valence-corrected chi connectivity index (χ3v) is 3.56. The first-order valence-electron chi connectivity index (χ1n) is 6.38. The van der Waals surface area contributed by atoms with Gasteiger partial charge >= 0.3 is 0 Å². The maximum absolute atomic E-state index is 12.1. The fraction of sp³-hybridized carbons (Fsp3) is 0.125. The van der Waals surface area contributed by atoms with Crippen LogP contribution in [-0.2, 0) is 0 Å². The number of hydrogen-bond donors (Lipinski definition) is 2. The van der Waals surface area contributed by atoms with Gasteiger partial charge in [-0.05, 0) is 43.7 Å². The molecule has 21 heavy (non-hydrogen) atoms. The van der Waals surface area contributed by atoms with Crippen LogP contribution in [0.15, 0.2) is 52.0 Å². The predicted molar refractivity (Wildman–Crippen MR) is 86.7 cm³/mol. The molecule has 0 aliphatic carbocycles. The van der Waals surface area contributed by atoms with Gasteiger partial charge in [-0.15, -0.1) is 0 Å². The van der Waals surface area contributed by atoms with Crippen LogP contribution in [0.25, 0.3) is 0 Å². The molecule has 0 saturated heterocycles. The summed E-state index contributed by atoms with van der Waals surface area (Å²) < 4.78 is 0.829. The van der Waals surface area contributed by atoms with Crippen molar-refractivity contribution in [2.45, 2.75) is 13.8 Å². The highest BCUT2D eigenvalue weighted by molar-refractivity contribution is 9.10. The standard InChI is InChI=1S/C16H15BrN2O2/c1-10-5-3-4-6-13(10)16(21)19-18-11(2)14-9-12(17)7-8-15(14)20/h3-9,20H,1-2H3,(H,19,21). The molecule has 0 fully saturated rings. The van der Waals surface area contributed by atoms with Crippen LogP contribution in [0, 0.1) is 6.92 Å². The summed E-state index contributed by atoms with van der Waals surface area (Å²) >= 11 is 3.34. The molecule has 5 heteroatoms. The normalized spacial score (nSPS) is 11.3. The molecule has 2 N–H and O–H groups in total. The number of rotatable bonds is 3. The molecule has 108 valence electrons. The third kappa shape index (κ3) is 3.70. The molecule has 0 unspecified atom stereocenters. The lowest BCUT2D eigenvalue weighted by Gasteiger charge is -2.07. The smallest absolute Gasteiger partial charge is 0.271 e. The van der Waals surface area contributed by atoms with Gasteiger partial charge in [-0.3, -0.25) is 4.79 Å². The fourth-order valence-corrected chi connectivity index (χ4v) is 2.24. The average Bonchev–Trinajstić information content (AvgIpc) is 2.47. The second-order valence-corrected chi connectivity index (χ2v) is 5.53. The van der Waals surface area contributed by atoms with Gasteiger partial charge in [0.1, 0.15) is 5.75 Å². The van der Waals surface area contributed by atoms with Gasteiger partial charge in [0.25, 0.3) is 5.91 Å². The van der Waals surface area contributed by atoms with Crippen molar-refractivity contribution >= 4 is 27.5 Å². The molecule has 0 heterocycles. The number of carbonyl (C=O) groups is 1. The quantitative estimate of drug-likeness (QED) is 0.658. The summed E-state index contributed by atoms with van der Waals surface area (Å²) in [6.45, 7) is 3.59. The molecule has 0 saturated carbocycles. The predicted octanol–water partition coefficient (Wildman–Crippen LogP) is 3.62. The van der Waals surface area contributed by atoms with Gasteiger partial charge in [-0.25, -0.2) is 5.43 Å². The fourth-order valence-electron chi connectivity index (χ4n) is 1.88. The monoisotopic (exact) mass is 346 g/mol. The summed E-state index contributed by atoms with van der Waals surface area (Å²) in [5, 5.41) is 13.9. The average molecular weight is 347 g/mol. The number of hydrazone groups is 1. The van der Waals surface area contributed by atoms with Crippen LogP contribution >= 0.6 is 15.9 Å². The molecular weight excluding hydrogens is 332 g/mol. The minimum Gasteiger partial charge on any atom is -0.507 e. The lowest BCUT2D eigenvalue weighted by Crippen LogP contribution is -2.20. The van der Waals surface area contributed by atoms with E-state index in [0.29, 0.717) is 16.8 Å². The van der Waals surface area contributed by atoms with E-state index in [-0.39, 0.29) is 11.7 Å². The first kappa shape index (κ1) is 15.3. The number of nitrogens with one attached hydrogen (secondary N) is 1. The Bertz CT molecular complexity index is 711. The Kier molecular flexibility index (Phi) is 4.75. The van der Waals surface area contributed by atoms with Crippen molar-refractivity contribution in [2.75, 3.05) is 0 Å². The molecule has 2 aromatic rings. The van der Waals surface area contributed by atoms with Crippen LogP contribution in [-0.4, -0.2) is 16.7 Å². The van der Waals surface area contributed by atoms with E-state index in [1.165, 1.54) is 0 Å². The molecule has 0 aliphatic rings. The van der Waals surface area contributed by atoms with Crippen molar-refractivity contribution in [3.05, 3.63) is 63.6 Å². The van der Waals surface area contributed by atoms with Crippen LogP contribution in [0.3, 0.4) is 0 Å². The van der Waals surface area contributed by atoms with Crippen LogP contribution in [0.2, 0.25) is 0 Å². The number of aromatic hydroxyl groups is 1. The van der Waals surface area contributed by atoms with Gasteiger partial charge in [0, 0.05) is 15.6 Å². The van der Waals surface area contributed by atoms with Crippen LogP contribution < -0.4 is 5.43 Å². The van der Waals surface area contributed by atoms with E-state index < -0.39 is 0 Å². The molecule has 1 amide bonds. The highest BCUT2D eigenvalue weighted by atomic mass is 79.9. The Morgan fingerprint density at radius 3 is 2.62 bits per heavy atom. The third-order valence-electron chi connectivity index (χ3n) is 3.06. The summed E-state index contributed by atoms with van der Waals surface area (Å²) in [7, 11) is 0. The van der Waals surface area contributed by atoms with Crippen LogP contribution in [0.4, 0.5) is 0 Å². The van der Waals surface area contributed by atoms with Gasteiger partial charge in [0.05, 0.1) is 5.71 Å². The second kappa shape index (κ2) is 6.54. The number of carbonyl (C=O) groups excluding carboxylic acids is 1. The Morgan fingerprint density at radius 2 is 1.90 bits per heavy atom. The zero-order valence-corrected chi connectivity index (χ0v) is 13.3. The van der Waals surface area contributed by atoms with Gasteiger partial charge in [0.15, 0.2) is 0 Å². The molecule has 2 rings (SSSR count). The van der Waals surface area contributed by atoms with Crippen molar-refractivity contribution in [1.29, 1.82) is 0 Å². The largest absolute Gasteiger partial charge is 0.507 e. The Hall–Kier alpha value is -2.14. The molecule has 0 radical (unpaired) electrons. The number of halogens is 1. The first-order chi connectivity index (χ1) is 9.99. The molecule has 0 atom stereocenters. The van der Waals surface area contributed by atoms with E-state index in [1.807, 2.05) is 19.1 Å². The SMILES string of the molecule is CC(=NNC(=O)c1ccccc1C)c1cc(Br)ccc1O. The highest BCUT2D eigenvalue weighted by Crippen LogP contribution is 2.22.